The van der Waals surface area contributed by atoms with Crippen LogP contribution in [0.15, 0.2) is 48.5 Å². The van der Waals surface area contributed by atoms with Crippen molar-refractivity contribution in [1.82, 2.24) is 20.3 Å². The molecule has 0 aliphatic carbocycles. The maximum absolute atomic E-state index is 13.1. The Bertz CT molecular complexity index is 845. The molecule has 0 aliphatic rings. The van der Waals surface area contributed by atoms with Gasteiger partial charge in [-0.2, -0.15) is 0 Å². The maximum atomic E-state index is 13.1. The fraction of sp³-hybridized carbons (Fsp3) is 0.263. The number of methoxy groups -OCH3 is 1. The van der Waals surface area contributed by atoms with Crippen LogP contribution in [0.3, 0.4) is 0 Å². The van der Waals surface area contributed by atoms with E-state index in [1.807, 2.05) is 38.1 Å². The molecule has 1 N–H and O–H groups in total. The predicted octanol–water partition coefficient (Wildman–Crippen LogP) is 3.57. The zero-order valence-electron chi connectivity index (χ0n) is 14.5. The van der Waals surface area contributed by atoms with Crippen LogP contribution in [0.25, 0.3) is 5.69 Å². The summed E-state index contributed by atoms with van der Waals surface area (Å²) < 4.78 is 20.1. The van der Waals surface area contributed by atoms with Crippen LogP contribution in [0.5, 0.6) is 5.75 Å². The molecule has 0 bridgehead atoms. The summed E-state index contributed by atoms with van der Waals surface area (Å²) in [7, 11) is 1.66. The average molecular weight is 340 g/mol. The molecule has 0 aliphatic heterocycles. The van der Waals surface area contributed by atoms with Crippen LogP contribution >= 0.6 is 0 Å². The van der Waals surface area contributed by atoms with Crippen LogP contribution in [-0.4, -0.2) is 22.1 Å². The van der Waals surface area contributed by atoms with E-state index >= 15 is 0 Å². The molecule has 0 saturated carbocycles. The lowest BCUT2D eigenvalue weighted by molar-refractivity contribution is 0.414. The molecule has 0 radical (unpaired) electrons. The zero-order valence-corrected chi connectivity index (χ0v) is 14.5. The van der Waals surface area contributed by atoms with Crippen LogP contribution in [-0.2, 0) is 6.54 Å². The number of halogens is 1. The van der Waals surface area contributed by atoms with Crippen molar-refractivity contribution in [2.75, 3.05) is 7.11 Å². The van der Waals surface area contributed by atoms with Crippen molar-refractivity contribution in [2.24, 2.45) is 0 Å². The fourth-order valence-corrected chi connectivity index (χ4v) is 2.72. The van der Waals surface area contributed by atoms with E-state index in [2.05, 4.69) is 15.6 Å². The third-order valence-electron chi connectivity index (χ3n) is 4.16. The van der Waals surface area contributed by atoms with Gasteiger partial charge in [0.2, 0.25) is 0 Å². The highest BCUT2D eigenvalue weighted by Gasteiger charge is 2.16. The van der Waals surface area contributed by atoms with Crippen molar-refractivity contribution in [3.8, 4) is 11.4 Å². The first-order valence-corrected chi connectivity index (χ1v) is 8.13. The number of hydrogen-bond acceptors (Lipinski definition) is 4. The molecule has 0 fully saturated rings. The normalized spacial score (nSPS) is 12.2. The molecule has 1 heterocycles. The Labute approximate surface area is 146 Å². The molecule has 1 atom stereocenters. The Kier molecular flexibility index (Phi) is 5.09. The van der Waals surface area contributed by atoms with E-state index in [4.69, 9.17) is 4.74 Å². The Hall–Kier alpha value is -2.73. The van der Waals surface area contributed by atoms with Crippen LogP contribution < -0.4 is 10.1 Å². The van der Waals surface area contributed by atoms with Gasteiger partial charge in [-0.25, -0.2) is 9.07 Å². The van der Waals surface area contributed by atoms with E-state index in [9.17, 15) is 4.39 Å². The summed E-state index contributed by atoms with van der Waals surface area (Å²) >= 11 is 0. The molecule has 5 nitrogen and oxygen atoms in total. The van der Waals surface area contributed by atoms with Gasteiger partial charge in [-0.15, -0.1) is 5.10 Å². The van der Waals surface area contributed by atoms with E-state index in [0.29, 0.717) is 6.54 Å². The lowest BCUT2D eigenvalue weighted by Gasteiger charge is -2.13. The molecule has 1 aromatic heterocycles. The van der Waals surface area contributed by atoms with Crippen LogP contribution in [0.2, 0.25) is 0 Å². The largest absolute Gasteiger partial charge is 0.497 e. The van der Waals surface area contributed by atoms with Gasteiger partial charge in [0.15, 0.2) is 0 Å². The minimum Gasteiger partial charge on any atom is -0.497 e. The van der Waals surface area contributed by atoms with Crippen molar-refractivity contribution >= 4 is 0 Å². The van der Waals surface area contributed by atoms with Crippen molar-refractivity contribution in [3.63, 3.8) is 0 Å². The number of aromatic nitrogens is 3. The van der Waals surface area contributed by atoms with Crippen LogP contribution in [0, 0.1) is 12.7 Å². The smallest absolute Gasteiger partial charge is 0.123 e. The lowest BCUT2D eigenvalue weighted by atomic mass is 10.1. The lowest BCUT2D eigenvalue weighted by Crippen LogP contribution is -2.19. The number of benzene rings is 2. The second-order valence-corrected chi connectivity index (χ2v) is 5.90. The van der Waals surface area contributed by atoms with Crippen molar-refractivity contribution in [2.45, 2.75) is 26.4 Å². The molecule has 1 unspecified atom stereocenters. The first kappa shape index (κ1) is 17.1. The first-order chi connectivity index (χ1) is 12.1. The summed E-state index contributed by atoms with van der Waals surface area (Å²) in [5, 5.41) is 11.9. The first-order valence-electron chi connectivity index (χ1n) is 8.13. The second kappa shape index (κ2) is 7.44. The van der Waals surface area contributed by atoms with Crippen LogP contribution in [0.1, 0.15) is 29.9 Å². The average Bonchev–Trinajstić information content (AvgIpc) is 3.02. The van der Waals surface area contributed by atoms with E-state index in [1.54, 1.807) is 23.9 Å². The molecule has 25 heavy (non-hydrogen) atoms. The van der Waals surface area contributed by atoms with E-state index in [-0.39, 0.29) is 11.9 Å². The third kappa shape index (κ3) is 3.85. The zero-order chi connectivity index (χ0) is 17.8. The summed E-state index contributed by atoms with van der Waals surface area (Å²) in [4.78, 5) is 0. The van der Waals surface area contributed by atoms with Crippen LogP contribution in [0.4, 0.5) is 4.39 Å². The van der Waals surface area contributed by atoms with Crippen molar-refractivity contribution in [1.29, 1.82) is 0 Å². The van der Waals surface area contributed by atoms with E-state index in [0.717, 1.165) is 28.4 Å². The minimum atomic E-state index is -0.268. The van der Waals surface area contributed by atoms with Gasteiger partial charge in [0.25, 0.3) is 0 Å². The Morgan fingerprint density at radius 3 is 2.68 bits per heavy atom. The van der Waals surface area contributed by atoms with Gasteiger partial charge in [-0.1, -0.05) is 17.3 Å². The number of hydrogen-bond donors (Lipinski definition) is 1. The highest BCUT2D eigenvalue weighted by Crippen LogP contribution is 2.19. The molecular formula is C19H21FN4O. The summed E-state index contributed by atoms with van der Waals surface area (Å²) in [5.74, 6) is 0.570. The van der Waals surface area contributed by atoms with Gasteiger partial charge in [0.05, 0.1) is 24.5 Å². The molecule has 2 aromatic carbocycles. The van der Waals surface area contributed by atoms with Gasteiger partial charge in [-0.3, -0.25) is 0 Å². The number of nitrogens with zero attached hydrogens (tertiary/aromatic N) is 3. The summed E-state index contributed by atoms with van der Waals surface area (Å²) in [5.41, 5.74) is 3.72. The second-order valence-electron chi connectivity index (χ2n) is 5.90. The highest BCUT2D eigenvalue weighted by molar-refractivity contribution is 5.34. The Morgan fingerprint density at radius 1 is 1.20 bits per heavy atom. The van der Waals surface area contributed by atoms with Gasteiger partial charge < -0.3 is 10.1 Å². The van der Waals surface area contributed by atoms with E-state index in [1.165, 1.54) is 12.1 Å². The third-order valence-corrected chi connectivity index (χ3v) is 4.16. The minimum absolute atomic E-state index is 0.0281. The summed E-state index contributed by atoms with van der Waals surface area (Å²) in [6.07, 6.45) is 0. The molecule has 3 rings (SSSR count). The highest BCUT2D eigenvalue weighted by atomic mass is 19.1. The van der Waals surface area contributed by atoms with Crippen molar-refractivity contribution < 1.29 is 9.13 Å². The number of nitrogens with one attached hydrogen (secondary N) is 1. The molecule has 0 amide bonds. The number of ether oxygens (including phenoxy) is 1. The van der Waals surface area contributed by atoms with Crippen molar-refractivity contribution in [3.05, 3.63) is 71.3 Å². The standard InChI is InChI=1S/C19H21FN4O/c1-13(21-12-15-5-4-6-18(11-15)25-3)19-14(2)24(23-22-19)17-9-7-16(20)8-10-17/h4-11,13,21H,12H2,1-3H3. The fourth-order valence-electron chi connectivity index (χ4n) is 2.72. The SMILES string of the molecule is COc1cccc(CNC(C)c2nnn(-c3ccc(F)cc3)c2C)c1. The quantitative estimate of drug-likeness (QED) is 0.745. The molecule has 3 aromatic rings. The number of rotatable bonds is 6. The molecular weight excluding hydrogens is 319 g/mol. The molecule has 130 valence electrons. The molecule has 6 heteroatoms. The van der Waals surface area contributed by atoms with Gasteiger partial charge in [-0.05, 0) is 55.8 Å². The maximum Gasteiger partial charge on any atom is 0.123 e. The van der Waals surface area contributed by atoms with Gasteiger partial charge in [0.1, 0.15) is 17.3 Å². The topological polar surface area (TPSA) is 52.0 Å². The molecule has 0 spiro atoms. The predicted molar refractivity (Wildman–Crippen MR) is 94.3 cm³/mol. The summed E-state index contributed by atoms with van der Waals surface area (Å²) in [6, 6.07) is 14.2. The Morgan fingerprint density at radius 2 is 1.96 bits per heavy atom. The van der Waals surface area contributed by atoms with Gasteiger partial charge in [0, 0.05) is 6.54 Å². The summed E-state index contributed by atoms with van der Waals surface area (Å²) in [6.45, 7) is 4.70. The molecule has 0 saturated heterocycles. The monoisotopic (exact) mass is 340 g/mol. The Balaban J connectivity index is 1.72. The van der Waals surface area contributed by atoms with Gasteiger partial charge >= 0.3 is 0 Å². The van der Waals surface area contributed by atoms with E-state index < -0.39 is 0 Å².